The lowest BCUT2D eigenvalue weighted by Crippen LogP contribution is -2.42. The molecule has 2 amide bonds. The van der Waals surface area contributed by atoms with Crippen molar-refractivity contribution in [1.82, 2.24) is 5.32 Å². The van der Waals surface area contributed by atoms with Gasteiger partial charge in [-0.25, -0.2) is 0 Å². The summed E-state index contributed by atoms with van der Waals surface area (Å²) in [7, 11) is 0. The van der Waals surface area contributed by atoms with E-state index in [4.69, 9.17) is 11.5 Å². The number of anilines is 1. The van der Waals surface area contributed by atoms with Crippen LogP contribution in [0.5, 0.6) is 0 Å². The minimum Gasteiger partial charge on any atom is -0.398 e. The first-order valence-corrected chi connectivity index (χ1v) is 5.20. The van der Waals surface area contributed by atoms with E-state index in [-0.39, 0.29) is 11.3 Å². The van der Waals surface area contributed by atoms with Crippen molar-refractivity contribution in [2.75, 3.05) is 5.73 Å². The molecule has 8 heteroatoms. The molecular weight excluding hydrogens is 263 g/mol. The van der Waals surface area contributed by atoms with Crippen LogP contribution in [0.25, 0.3) is 0 Å². The topological polar surface area (TPSA) is 98.2 Å². The summed E-state index contributed by atoms with van der Waals surface area (Å²) >= 11 is 0. The van der Waals surface area contributed by atoms with Crippen LogP contribution < -0.4 is 16.8 Å². The van der Waals surface area contributed by atoms with Gasteiger partial charge in [0.25, 0.3) is 5.91 Å². The lowest BCUT2D eigenvalue weighted by molar-refractivity contribution is -0.137. The van der Waals surface area contributed by atoms with E-state index in [0.29, 0.717) is 6.07 Å². The zero-order chi connectivity index (χ0) is 14.8. The Balaban J connectivity index is 3.06. The molecule has 0 saturated heterocycles. The Morgan fingerprint density at radius 1 is 1.32 bits per heavy atom. The Morgan fingerprint density at radius 2 is 1.89 bits per heavy atom. The molecule has 0 radical (unpaired) electrons. The Labute approximate surface area is 106 Å². The predicted octanol–water partition coefficient (Wildman–Crippen LogP) is 0.891. The van der Waals surface area contributed by atoms with Crippen LogP contribution in [0, 0.1) is 0 Å². The maximum absolute atomic E-state index is 12.5. The average Bonchev–Trinajstić information content (AvgIpc) is 2.27. The number of nitrogens with two attached hydrogens (primary N) is 2. The standard InChI is InChI=1S/C11H12F3N3O2/c1-5(9(16)18)17-10(19)7-4-6(11(12,13)14)2-3-8(7)15/h2-5H,15H2,1H3,(H2,16,18)(H,17,19). The van der Waals surface area contributed by atoms with Crippen molar-refractivity contribution in [3.63, 3.8) is 0 Å². The molecule has 0 spiro atoms. The molecule has 1 rings (SSSR count). The van der Waals surface area contributed by atoms with Gasteiger partial charge < -0.3 is 16.8 Å². The number of nitrogens with one attached hydrogen (secondary N) is 1. The number of alkyl halides is 3. The smallest absolute Gasteiger partial charge is 0.398 e. The third kappa shape index (κ3) is 3.60. The number of halogens is 3. The highest BCUT2D eigenvalue weighted by Crippen LogP contribution is 2.31. The zero-order valence-corrected chi connectivity index (χ0v) is 9.91. The van der Waals surface area contributed by atoms with Gasteiger partial charge >= 0.3 is 6.18 Å². The normalized spacial score (nSPS) is 12.8. The van der Waals surface area contributed by atoms with E-state index in [1.54, 1.807) is 0 Å². The summed E-state index contributed by atoms with van der Waals surface area (Å²) in [5.41, 5.74) is 8.89. The molecule has 1 unspecified atom stereocenters. The van der Waals surface area contributed by atoms with Crippen LogP contribution in [0.3, 0.4) is 0 Å². The minimum absolute atomic E-state index is 0.123. The second-order valence-corrected chi connectivity index (χ2v) is 3.90. The first-order chi connectivity index (χ1) is 8.62. The van der Waals surface area contributed by atoms with E-state index in [9.17, 15) is 22.8 Å². The zero-order valence-electron chi connectivity index (χ0n) is 9.91. The maximum atomic E-state index is 12.5. The van der Waals surface area contributed by atoms with E-state index in [1.807, 2.05) is 0 Å². The van der Waals surface area contributed by atoms with Crippen molar-refractivity contribution >= 4 is 17.5 Å². The fourth-order valence-electron chi connectivity index (χ4n) is 1.27. The van der Waals surface area contributed by atoms with Crippen LogP contribution in [0.1, 0.15) is 22.8 Å². The molecule has 1 aromatic rings. The molecule has 0 heterocycles. The molecule has 0 aliphatic carbocycles. The highest BCUT2D eigenvalue weighted by Gasteiger charge is 2.31. The summed E-state index contributed by atoms with van der Waals surface area (Å²) in [5, 5.41) is 2.15. The number of hydrogen-bond acceptors (Lipinski definition) is 3. The van der Waals surface area contributed by atoms with E-state index in [2.05, 4.69) is 5.32 Å². The number of amides is 2. The SMILES string of the molecule is CC(NC(=O)c1cc(C(F)(F)F)ccc1N)C(N)=O. The first kappa shape index (κ1) is 14.8. The van der Waals surface area contributed by atoms with Gasteiger partial charge in [0.1, 0.15) is 6.04 Å². The van der Waals surface area contributed by atoms with E-state index < -0.39 is 29.6 Å². The molecule has 0 aliphatic heterocycles. The summed E-state index contributed by atoms with van der Waals surface area (Å²) in [6, 6.07) is 1.36. The van der Waals surface area contributed by atoms with Crippen LogP contribution in [0.4, 0.5) is 18.9 Å². The van der Waals surface area contributed by atoms with Crippen molar-refractivity contribution in [3.8, 4) is 0 Å². The minimum atomic E-state index is -4.59. The summed E-state index contributed by atoms with van der Waals surface area (Å²) < 4.78 is 37.5. The molecule has 0 bridgehead atoms. The maximum Gasteiger partial charge on any atom is 0.416 e. The van der Waals surface area contributed by atoms with Crippen LogP contribution in [-0.2, 0) is 11.0 Å². The van der Waals surface area contributed by atoms with Crippen LogP contribution in [0.15, 0.2) is 18.2 Å². The Kier molecular flexibility index (Phi) is 4.03. The van der Waals surface area contributed by atoms with E-state index >= 15 is 0 Å². The lowest BCUT2D eigenvalue weighted by Gasteiger charge is -2.13. The van der Waals surface area contributed by atoms with Gasteiger partial charge in [-0.1, -0.05) is 0 Å². The highest BCUT2D eigenvalue weighted by atomic mass is 19.4. The van der Waals surface area contributed by atoms with Crippen molar-refractivity contribution in [3.05, 3.63) is 29.3 Å². The quantitative estimate of drug-likeness (QED) is 0.714. The monoisotopic (exact) mass is 275 g/mol. The molecule has 0 aromatic heterocycles. The number of benzene rings is 1. The van der Waals surface area contributed by atoms with Gasteiger partial charge in [-0.05, 0) is 25.1 Å². The van der Waals surface area contributed by atoms with Gasteiger partial charge in [-0.3, -0.25) is 9.59 Å². The third-order valence-corrected chi connectivity index (χ3v) is 2.40. The fourth-order valence-corrected chi connectivity index (χ4v) is 1.27. The molecule has 0 fully saturated rings. The number of rotatable bonds is 3. The number of hydrogen-bond donors (Lipinski definition) is 3. The van der Waals surface area contributed by atoms with Gasteiger partial charge in [-0.2, -0.15) is 13.2 Å². The van der Waals surface area contributed by atoms with E-state index in [0.717, 1.165) is 12.1 Å². The molecule has 5 N–H and O–H groups in total. The first-order valence-electron chi connectivity index (χ1n) is 5.20. The Morgan fingerprint density at radius 3 is 2.37 bits per heavy atom. The van der Waals surface area contributed by atoms with Gasteiger partial charge in [0, 0.05) is 5.69 Å². The molecule has 104 valence electrons. The van der Waals surface area contributed by atoms with Crippen molar-refractivity contribution in [2.45, 2.75) is 19.1 Å². The number of carbonyl (C=O) groups excluding carboxylic acids is 2. The second kappa shape index (κ2) is 5.17. The van der Waals surface area contributed by atoms with Crippen LogP contribution >= 0.6 is 0 Å². The van der Waals surface area contributed by atoms with Gasteiger partial charge in [-0.15, -0.1) is 0 Å². The fraction of sp³-hybridized carbons (Fsp3) is 0.273. The van der Waals surface area contributed by atoms with Crippen molar-refractivity contribution in [2.24, 2.45) is 5.73 Å². The third-order valence-electron chi connectivity index (χ3n) is 2.40. The number of carbonyl (C=O) groups is 2. The molecule has 5 nitrogen and oxygen atoms in total. The molecule has 0 aliphatic rings. The average molecular weight is 275 g/mol. The Hall–Kier alpha value is -2.25. The highest BCUT2D eigenvalue weighted by molar-refractivity contribution is 6.01. The van der Waals surface area contributed by atoms with Gasteiger partial charge in [0.05, 0.1) is 11.1 Å². The lowest BCUT2D eigenvalue weighted by atomic mass is 10.1. The predicted molar refractivity (Wildman–Crippen MR) is 62.0 cm³/mol. The number of primary amides is 1. The molecule has 1 aromatic carbocycles. The molecule has 0 saturated carbocycles. The molecular formula is C11H12F3N3O2. The summed E-state index contributed by atoms with van der Waals surface area (Å²) in [5.74, 6) is -1.70. The second-order valence-electron chi connectivity index (χ2n) is 3.90. The molecule has 1 atom stereocenters. The van der Waals surface area contributed by atoms with Crippen molar-refractivity contribution < 1.29 is 22.8 Å². The van der Waals surface area contributed by atoms with Gasteiger partial charge in [0.2, 0.25) is 5.91 Å². The van der Waals surface area contributed by atoms with Crippen LogP contribution in [0.2, 0.25) is 0 Å². The van der Waals surface area contributed by atoms with Crippen LogP contribution in [-0.4, -0.2) is 17.9 Å². The summed E-state index contributed by atoms with van der Waals surface area (Å²) in [4.78, 5) is 22.5. The Bertz CT molecular complexity index is 514. The van der Waals surface area contributed by atoms with Gasteiger partial charge in [0.15, 0.2) is 0 Å². The van der Waals surface area contributed by atoms with E-state index in [1.165, 1.54) is 6.92 Å². The number of nitrogen functional groups attached to an aromatic ring is 1. The summed E-state index contributed by atoms with van der Waals surface area (Å²) in [6.45, 7) is 1.31. The largest absolute Gasteiger partial charge is 0.416 e. The van der Waals surface area contributed by atoms with Crippen molar-refractivity contribution in [1.29, 1.82) is 0 Å². The molecule has 19 heavy (non-hydrogen) atoms. The summed E-state index contributed by atoms with van der Waals surface area (Å²) in [6.07, 6.45) is -4.59.